The maximum atomic E-state index is 11.0. The Hall–Kier alpha value is -1.30. The molecule has 136 valence electrons. The number of guanidine groups is 1. The standard InChI is InChI=1S/C17H35N3O3/c1-15(2)14-23-13-9-12-20-17(18-3)19-11-8-6-5-7-10-16(21)22-4/h15H,5-14H2,1-4H3,(H2,18,19,20). The summed E-state index contributed by atoms with van der Waals surface area (Å²) in [7, 11) is 3.21. The van der Waals surface area contributed by atoms with Crippen molar-refractivity contribution in [3.8, 4) is 0 Å². The number of rotatable bonds is 13. The summed E-state index contributed by atoms with van der Waals surface area (Å²) in [6.07, 6.45) is 5.61. The van der Waals surface area contributed by atoms with E-state index in [1.807, 2.05) is 0 Å². The maximum absolute atomic E-state index is 11.0. The average molecular weight is 329 g/mol. The molecule has 6 heteroatoms. The van der Waals surface area contributed by atoms with Gasteiger partial charge in [-0.05, 0) is 25.2 Å². The van der Waals surface area contributed by atoms with Crippen molar-refractivity contribution in [1.29, 1.82) is 0 Å². The third-order valence-corrected chi connectivity index (χ3v) is 3.26. The minimum atomic E-state index is -0.120. The Balaban J connectivity index is 3.44. The summed E-state index contributed by atoms with van der Waals surface area (Å²) in [5.41, 5.74) is 0. The zero-order valence-electron chi connectivity index (χ0n) is 15.3. The molecule has 0 bridgehead atoms. The van der Waals surface area contributed by atoms with E-state index in [-0.39, 0.29) is 5.97 Å². The highest BCUT2D eigenvalue weighted by Crippen LogP contribution is 2.03. The number of carbonyl (C=O) groups is 1. The molecule has 0 aliphatic carbocycles. The highest BCUT2D eigenvalue weighted by atomic mass is 16.5. The van der Waals surface area contributed by atoms with E-state index >= 15 is 0 Å². The van der Waals surface area contributed by atoms with Crippen molar-refractivity contribution >= 4 is 11.9 Å². The van der Waals surface area contributed by atoms with Crippen molar-refractivity contribution < 1.29 is 14.3 Å². The van der Waals surface area contributed by atoms with E-state index in [0.29, 0.717) is 12.3 Å². The van der Waals surface area contributed by atoms with Crippen LogP contribution in [-0.4, -0.2) is 52.4 Å². The van der Waals surface area contributed by atoms with Gasteiger partial charge < -0.3 is 20.1 Å². The number of esters is 1. The molecule has 0 aromatic rings. The van der Waals surface area contributed by atoms with Crippen LogP contribution < -0.4 is 10.6 Å². The Bertz CT molecular complexity index is 320. The molecule has 23 heavy (non-hydrogen) atoms. The third kappa shape index (κ3) is 15.4. The number of unbranched alkanes of at least 4 members (excludes halogenated alkanes) is 3. The summed E-state index contributed by atoms with van der Waals surface area (Å²) in [5, 5.41) is 6.58. The topological polar surface area (TPSA) is 72.0 Å². The van der Waals surface area contributed by atoms with Crippen LogP contribution in [0, 0.1) is 5.92 Å². The Morgan fingerprint density at radius 2 is 1.70 bits per heavy atom. The molecule has 0 unspecified atom stereocenters. The molecule has 2 N–H and O–H groups in total. The zero-order chi connectivity index (χ0) is 17.3. The molecular formula is C17H35N3O3. The Morgan fingerprint density at radius 1 is 1.04 bits per heavy atom. The Morgan fingerprint density at radius 3 is 2.30 bits per heavy atom. The van der Waals surface area contributed by atoms with Gasteiger partial charge in [0.2, 0.25) is 0 Å². The van der Waals surface area contributed by atoms with E-state index in [1.165, 1.54) is 7.11 Å². The summed E-state index contributed by atoms with van der Waals surface area (Å²) >= 11 is 0. The highest BCUT2D eigenvalue weighted by Gasteiger charge is 2.00. The van der Waals surface area contributed by atoms with E-state index < -0.39 is 0 Å². The molecule has 0 spiro atoms. The zero-order valence-corrected chi connectivity index (χ0v) is 15.3. The van der Waals surface area contributed by atoms with Crippen LogP contribution in [0.15, 0.2) is 4.99 Å². The maximum Gasteiger partial charge on any atom is 0.305 e. The first-order chi connectivity index (χ1) is 11.1. The lowest BCUT2D eigenvalue weighted by atomic mass is 10.1. The minimum Gasteiger partial charge on any atom is -0.469 e. The van der Waals surface area contributed by atoms with Crippen molar-refractivity contribution in [3.05, 3.63) is 0 Å². The summed E-state index contributed by atoms with van der Waals surface area (Å²) in [6, 6.07) is 0. The van der Waals surface area contributed by atoms with Crippen LogP contribution in [0.5, 0.6) is 0 Å². The SMILES string of the molecule is CN=C(NCCCCCCC(=O)OC)NCCCOCC(C)C. The fourth-order valence-corrected chi connectivity index (χ4v) is 1.98. The van der Waals surface area contributed by atoms with Gasteiger partial charge in [-0.2, -0.15) is 0 Å². The van der Waals surface area contributed by atoms with E-state index in [9.17, 15) is 4.79 Å². The lowest BCUT2D eigenvalue weighted by molar-refractivity contribution is -0.140. The second-order valence-electron chi connectivity index (χ2n) is 5.99. The van der Waals surface area contributed by atoms with Gasteiger partial charge in [-0.15, -0.1) is 0 Å². The largest absolute Gasteiger partial charge is 0.469 e. The molecule has 0 fully saturated rings. The molecule has 0 aliphatic rings. The summed E-state index contributed by atoms with van der Waals surface area (Å²) in [5.74, 6) is 1.30. The molecule has 6 nitrogen and oxygen atoms in total. The lowest BCUT2D eigenvalue weighted by Gasteiger charge is -2.12. The van der Waals surface area contributed by atoms with Crippen molar-refractivity contribution in [3.63, 3.8) is 0 Å². The van der Waals surface area contributed by atoms with Gasteiger partial charge in [-0.1, -0.05) is 26.7 Å². The van der Waals surface area contributed by atoms with E-state index in [0.717, 1.165) is 64.4 Å². The van der Waals surface area contributed by atoms with Gasteiger partial charge in [-0.25, -0.2) is 0 Å². The van der Waals surface area contributed by atoms with Gasteiger partial charge in [0.05, 0.1) is 7.11 Å². The van der Waals surface area contributed by atoms with Crippen molar-refractivity contribution in [1.82, 2.24) is 10.6 Å². The number of ether oxygens (including phenoxy) is 2. The first kappa shape index (κ1) is 21.7. The van der Waals surface area contributed by atoms with Crippen molar-refractivity contribution in [2.45, 2.75) is 52.4 Å². The van der Waals surface area contributed by atoms with Gasteiger partial charge >= 0.3 is 5.97 Å². The van der Waals surface area contributed by atoms with Gasteiger partial charge in [0.15, 0.2) is 5.96 Å². The quantitative estimate of drug-likeness (QED) is 0.235. The number of hydrogen-bond donors (Lipinski definition) is 2. The van der Waals surface area contributed by atoms with Crippen LogP contribution in [0.4, 0.5) is 0 Å². The number of nitrogens with one attached hydrogen (secondary N) is 2. The summed E-state index contributed by atoms with van der Waals surface area (Å²) < 4.78 is 10.2. The van der Waals surface area contributed by atoms with Gasteiger partial charge in [0.25, 0.3) is 0 Å². The molecule has 0 atom stereocenters. The second-order valence-corrected chi connectivity index (χ2v) is 5.99. The predicted molar refractivity (Wildman–Crippen MR) is 94.7 cm³/mol. The number of hydrogen-bond acceptors (Lipinski definition) is 4. The number of nitrogens with zero attached hydrogens (tertiary/aromatic N) is 1. The number of methoxy groups -OCH3 is 1. The molecule has 0 radical (unpaired) electrons. The Kier molecular flexibility index (Phi) is 14.7. The molecule has 0 aromatic carbocycles. The molecule has 0 aromatic heterocycles. The highest BCUT2D eigenvalue weighted by molar-refractivity contribution is 5.79. The van der Waals surface area contributed by atoms with Crippen molar-refractivity contribution in [2.75, 3.05) is 40.5 Å². The fourth-order valence-electron chi connectivity index (χ4n) is 1.98. The van der Waals surface area contributed by atoms with Gasteiger partial charge in [0, 0.05) is 39.8 Å². The Labute approximate surface area is 141 Å². The van der Waals surface area contributed by atoms with Crippen LogP contribution in [0.3, 0.4) is 0 Å². The fraction of sp³-hybridized carbons (Fsp3) is 0.882. The normalized spacial score (nSPS) is 11.6. The molecule has 0 heterocycles. The molecular weight excluding hydrogens is 294 g/mol. The number of aliphatic imine (C=N–C) groups is 1. The molecule has 0 aliphatic heterocycles. The number of carbonyl (C=O) groups excluding carboxylic acids is 1. The van der Waals surface area contributed by atoms with E-state index in [2.05, 4.69) is 34.2 Å². The van der Waals surface area contributed by atoms with E-state index in [1.54, 1.807) is 7.05 Å². The first-order valence-corrected chi connectivity index (χ1v) is 8.69. The lowest BCUT2D eigenvalue weighted by Crippen LogP contribution is -2.38. The van der Waals surface area contributed by atoms with Crippen LogP contribution >= 0.6 is 0 Å². The molecule has 0 amide bonds. The predicted octanol–water partition coefficient (Wildman–Crippen LogP) is 2.34. The van der Waals surface area contributed by atoms with E-state index in [4.69, 9.17) is 4.74 Å². The monoisotopic (exact) mass is 329 g/mol. The third-order valence-electron chi connectivity index (χ3n) is 3.26. The van der Waals surface area contributed by atoms with Crippen LogP contribution in [0.1, 0.15) is 52.4 Å². The minimum absolute atomic E-state index is 0.120. The van der Waals surface area contributed by atoms with Crippen LogP contribution in [0.25, 0.3) is 0 Å². The summed E-state index contributed by atoms with van der Waals surface area (Å²) in [6.45, 7) is 7.66. The summed E-state index contributed by atoms with van der Waals surface area (Å²) in [4.78, 5) is 15.2. The second kappa shape index (κ2) is 15.6. The van der Waals surface area contributed by atoms with Gasteiger partial charge in [-0.3, -0.25) is 9.79 Å². The molecule has 0 saturated heterocycles. The first-order valence-electron chi connectivity index (χ1n) is 8.69. The van der Waals surface area contributed by atoms with Gasteiger partial charge in [0.1, 0.15) is 0 Å². The smallest absolute Gasteiger partial charge is 0.305 e. The van der Waals surface area contributed by atoms with Crippen molar-refractivity contribution in [2.24, 2.45) is 10.9 Å². The van der Waals surface area contributed by atoms with Crippen LogP contribution in [0.2, 0.25) is 0 Å². The van der Waals surface area contributed by atoms with Crippen LogP contribution in [-0.2, 0) is 14.3 Å². The molecule has 0 saturated carbocycles. The molecule has 0 rings (SSSR count). The average Bonchev–Trinajstić information content (AvgIpc) is 2.54.